The van der Waals surface area contributed by atoms with Crippen molar-refractivity contribution in [3.05, 3.63) is 11.9 Å². The molecule has 1 aromatic heterocycles. The Morgan fingerprint density at radius 3 is 2.37 bits per heavy atom. The third kappa shape index (κ3) is 13.0. The predicted molar refractivity (Wildman–Crippen MR) is 154 cm³/mol. The number of hydrogen-bond donors (Lipinski definition) is 6. The van der Waals surface area contributed by atoms with Crippen molar-refractivity contribution in [2.24, 2.45) is 0 Å². The zero-order valence-electron chi connectivity index (χ0n) is 26.0. The van der Waals surface area contributed by atoms with Gasteiger partial charge in [0, 0.05) is 26.4 Å². The van der Waals surface area contributed by atoms with Gasteiger partial charge in [0.2, 0.25) is 11.8 Å². The molecule has 0 aliphatic carbocycles. The summed E-state index contributed by atoms with van der Waals surface area (Å²) in [6, 6.07) is -0.860. The predicted octanol–water partition coefficient (Wildman–Crippen LogP) is -2.62. The molecular weight excluding hydrogens is 616 g/mol. The highest BCUT2D eigenvalue weighted by molar-refractivity contribution is 5.75. The van der Waals surface area contributed by atoms with Gasteiger partial charge in [-0.3, -0.25) is 9.59 Å². The number of carbonyl (C=O) groups is 3. The Balaban J connectivity index is 1.09. The number of nitrogens with one attached hydrogen (secondary N) is 3. The molecule has 0 saturated carbocycles. The first-order valence-electron chi connectivity index (χ1n) is 15.1. The minimum atomic E-state index is -1.29. The van der Waals surface area contributed by atoms with E-state index < -0.39 is 36.2 Å². The maximum atomic E-state index is 11.7. The Labute approximate surface area is 266 Å². The van der Waals surface area contributed by atoms with E-state index in [0.717, 1.165) is 0 Å². The van der Waals surface area contributed by atoms with Gasteiger partial charge >= 0.3 is 6.09 Å². The summed E-state index contributed by atoms with van der Waals surface area (Å²) in [7, 11) is 0. The smallest absolute Gasteiger partial charge is 0.404 e. The fourth-order valence-corrected chi connectivity index (χ4v) is 4.62. The van der Waals surface area contributed by atoms with Gasteiger partial charge in [-0.2, -0.15) is 0 Å². The standard InChI is InChI=1S/C27H46N6O13/c1-19(34)30-22-23(36)24(37)27(18-45-25(22)46-27)17-44-14-13-42-12-11-41-10-9-40-8-6-33-15-20(31-32-33)16-43-7-5-28-21(35)3-2-4-29-26(38)39/h15,22-25,29,36-37H,2-14,16-18H2,1H3,(H,28,35)(H,30,34)(H,38,39)/t22-,23-,24-,25+,27+/m1/s1. The summed E-state index contributed by atoms with van der Waals surface area (Å²) in [5.74, 6) is -0.533. The fourth-order valence-electron chi connectivity index (χ4n) is 4.62. The van der Waals surface area contributed by atoms with Crippen LogP contribution in [0.5, 0.6) is 0 Å². The largest absolute Gasteiger partial charge is 0.465 e. The van der Waals surface area contributed by atoms with Crippen molar-refractivity contribution < 1.29 is 62.9 Å². The van der Waals surface area contributed by atoms with Gasteiger partial charge in [0.25, 0.3) is 0 Å². The number of aliphatic hydroxyl groups excluding tert-OH is 2. The number of carbonyl (C=O) groups excluding carboxylic acids is 2. The molecule has 0 spiro atoms. The molecule has 262 valence electrons. The molecule has 46 heavy (non-hydrogen) atoms. The van der Waals surface area contributed by atoms with Gasteiger partial charge in [0.15, 0.2) is 6.29 Å². The highest BCUT2D eigenvalue weighted by Gasteiger charge is 2.59. The van der Waals surface area contributed by atoms with Crippen LogP contribution in [0.1, 0.15) is 25.5 Å². The van der Waals surface area contributed by atoms with Gasteiger partial charge < -0.3 is 64.4 Å². The monoisotopic (exact) mass is 662 g/mol. The van der Waals surface area contributed by atoms with Gasteiger partial charge in [-0.05, 0) is 6.42 Å². The summed E-state index contributed by atoms with van der Waals surface area (Å²) in [6.07, 6.45) is -2.10. The zero-order valence-corrected chi connectivity index (χ0v) is 26.0. The van der Waals surface area contributed by atoms with Gasteiger partial charge in [0.05, 0.1) is 85.4 Å². The number of hydrogen-bond acceptors (Lipinski definition) is 14. The Morgan fingerprint density at radius 2 is 1.67 bits per heavy atom. The molecule has 2 bridgehead atoms. The van der Waals surface area contributed by atoms with Crippen molar-refractivity contribution in [3.63, 3.8) is 0 Å². The molecular formula is C27H46N6O13. The molecule has 2 fully saturated rings. The second kappa shape index (κ2) is 20.3. The SMILES string of the molecule is CC(=O)N[C@H]1[C@H]2OC[C@](COCCOCCOCCOCCn3cc(COCCNC(=O)CCCNC(=O)O)nn3)(O2)[C@H](O)[C@@H]1O. The lowest BCUT2D eigenvalue weighted by molar-refractivity contribution is -0.238. The number of aliphatic hydroxyl groups is 2. The third-order valence-corrected chi connectivity index (χ3v) is 6.92. The number of aromatic nitrogens is 3. The normalized spacial score (nSPS) is 23.7. The highest BCUT2D eigenvalue weighted by atomic mass is 16.8. The summed E-state index contributed by atoms with van der Waals surface area (Å²) in [4.78, 5) is 33.4. The molecule has 0 aromatic carbocycles. The second-order valence-corrected chi connectivity index (χ2v) is 10.6. The Kier molecular flexibility index (Phi) is 16.5. The average Bonchev–Trinajstić information content (AvgIpc) is 3.65. The number of ether oxygens (including phenoxy) is 7. The Bertz CT molecular complexity index is 1070. The molecule has 3 heterocycles. The molecule has 0 radical (unpaired) electrons. The third-order valence-electron chi connectivity index (χ3n) is 6.92. The van der Waals surface area contributed by atoms with Crippen LogP contribution in [0.2, 0.25) is 0 Å². The lowest BCUT2D eigenvalue weighted by Gasteiger charge is -2.42. The van der Waals surface area contributed by atoms with Crippen LogP contribution in [0.15, 0.2) is 6.20 Å². The van der Waals surface area contributed by atoms with Gasteiger partial charge in [-0.25, -0.2) is 9.48 Å². The van der Waals surface area contributed by atoms with E-state index in [2.05, 4.69) is 26.3 Å². The zero-order chi connectivity index (χ0) is 33.2. The van der Waals surface area contributed by atoms with Crippen LogP contribution < -0.4 is 16.0 Å². The minimum Gasteiger partial charge on any atom is -0.465 e. The molecule has 2 aliphatic rings. The van der Waals surface area contributed by atoms with E-state index >= 15 is 0 Å². The van der Waals surface area contributed by atoms with E-state index in [0.29, 0.717) is 71.5 Å². The van der Waals surface area contributed by atoms with Crippen molar-refractivity contribution in [3.8, 4) is 0 Å². The first-order chi connectivity index (χ1) is 22.2. The van der Waals surface area contributed by atoms with Crippen molar-refractivity contribution >= 4 is 17.9 Å². The Hall–Kier alpha value is -3.01. The maximum absolute atomic E-state index is 11.7. The summed E-state index contributed by atoms with van der Waals surface area (Å²) in [6.45, 7) is 5.45. The van der Waals surface area contributed by atoms with E-state index in [1.807, 2.05) is 0 Å². The Morgan fingerprint density at radius 1 is 0.978 bits per heavy atom. The molecule has 19 nitrogen and oxygen atoms in total. The van der Waals surface area contributed by atoms with E-state index in [1.165, 1.54) is 6.92 Å². The van der Waals surface area contributed by atoms with Crippen molar-refractivity contribution in [1.29, 1.82) is 0 Å². The molecule has 3 rings (SSSR count). The summed E-state index contributed by atoms with van der Waals surface area (Å²) in [5.41, 5.74) is -0.558. The topological polar surface area (TPSA) is 243 Å². The van der Waals surface area contributed by atoms with Crippen LogP contribution in [0.25, 0.3) is 0 Å². The molecule has 3 amide bonds. The number of fused-ring (bicyclic) bond motifs is 2. The van der Waals surface area contributed by atoms with Crippen molar-refractivity contribution in [2.45, 2.75) is 63.1 Å². The summed E-state index contributed by atoms with van der Waals surface area (Å²) < 4.78 is 40.6. The van der Waals surface area contributed by atoms with Gasteiger partial charge in [-0.1, -0.05) is 5.21 Å². The molecule has 2 aliphatic heterocycles. The lowest BCUT2D eigenvalue weighted by atomic mass is 9.88. The molecule has 6 N–H and O–H groups in total. The van der Waals surface area contributed by atoms with E-state index in [4.69, 9.17) is 38.3 Å². The average molecular weight is 663 g/mol. The molecule has 5 atom stereocenters. The van der Waals surface area contributed by atoms with Gasteiger partial charge in [-0.15, -0.1) is 5.10 Å². The molecule has 0 unspecified atom stereocenters. The fraction of sp³-hybridized carbons (Fsp3) is 0.815. The van der Waals surface area contributed by atoms with Crippen LogP contribution >= 0.6 is 0 Å². The molecule has 1 aromatic rings. The lowest BCUT2D eigenvalue weighted by Crippen LogP contribution is -2.66. The number of amides is 3. The van der Waals surface area contributed by atoms with Crippen LogP contribution in [0.4, 0.5) is 4.79 Å². The van der Waals surface area contributed by atoms with Crippen LogP contribution in [0, 0.1) is 0 Å². The molecule has 19 heteroatoms. The van der Waals surface area contributed by atoms with Crippen LogP contribution in [-0.2, 0) is 55.9 Å². The van der Waals surface area contributed by atoms with E-state index in [-0.39, 0.29) is 51.2 Å². The van der Waals surface area contributed by atoms with E-state index in [1.54, 1.807) is 10.9 Å². The summed E-state index contributed by atoms with van der Waals surface area (Å²) in [5, 5.41) is 44.9. The summed E-state index contributed by atoms with van der Waals surface area (Å²) >= 11 is 0. The molecule has 2 saturated heterocycles. The van der Waals surface area contributed by atoms with Crippen molar-refractivity contribution in [2.75, 3.05) is 79.2 Å². The van der Waals surface area contributed by atoms with E-state index in [9.17, 15) is 24.6 Å². The number of nitrogens with zero attached hydrogens (tertiary/aromatic N) is 3. The first kappa shape index (κ1) is 37.4. The second-order valence-electron chi connectivity index (χ2n) is 10.6. The van der Waals surface area contributed by atoms with Gasteiger partial charge in [0.1, 0.15) is 29.5 Å². The maximum Gasteiger partial charge on any atom is 0.404 e. The highest BCUT2D eigenvalue weighted by Crippen LogP contribution is 2.37. The number of carboxylic acid groups (broad SMARTS) is 1. The van der Waals surface area contributed by atoms with Crippen molar-refractivity contribution in [1.82, 2.24) is 30.9 Å². The quantitative estimate of drug-likeness (QED) is 0.0621. The van der Waals surface area contributed by atoms with Crippen LogP contribution in [0.3, 0.4) is 0 Å². The minimum absolute atomic E-state index is 0.00426. The number of rotatable bonds is 24. The van der Waals surface area contributed by atoms with Crippen LogP contribution in [-0.4, -0.2) is 158 Å². The first-order valence-corrected chi connectivity index (χ1v) is 15.1.